The van der Waals surface area contributed by atoms with Crippen molar-refractivity contribution in [1.82, 2.24) is 9.88 Å². The largest absolute Gasteiger partial charge is 0.481 e. The van der Waals surface area contributed by atoms with Gasteiger partial charge in [-0.3, -0.25) is 14.7 Å². The molecule has 1 aromatic heterocycles. The SMILES string of the molecule is CC(C)(C)[C@@H]1C[C@H](C(=O)O)CN(C/C=C/c2ccncc2)C1. The molecule has 2 heterocycles. The van der Waals surface area contributed by atoms with Gasteiger partial charge in [0.25, 0.3) is 0 Å². The van der Waals surface area contributed by atoms with E-state index in [0.717, 1.165) is 25.1 Å². The highest BCUT2D eigenvalue weighted by Crippen LogP contribution is 2.35. The number of hydrogen-bond acceptors (Lipinski definition) is 3. The van der Waals surface area contributed by atoms with Gasteiger partial charge in [0, 0.05) is 32.0 Å². The number of carbonyl (C=O) groups is 1. The maximum absolute atomic E-state index is 11.4. The summed E-state index contributed by atoms with van der Waals surface area (Å²) in [5, 5.41) is 9.39. The van der Waals surface area contributed by atoms with Gasteiger partial charge in [-0.2, -0.15) is 0 Å². The van der Waals surface area contributed by atoms with E-state index in [1.165, 1.54) is 0 Å². The highest BCUT2D eigenvalue weighted by atomic mass is 16.4. The van der Waals surface area contributed by atoms with Crippen LogP contribution in [-0.4, -0.2) is 40.6 Å². The maximum Gasteiger partial charge on any atom is 0.307 e. The Bertz CT molecular complexity index is 520. The summed E-state index contributed by atoms with van der Waals surface area (Å²) in [5.74, 6) is -0.513. The number of piperidine rings is 1. The van der Waals surface area contributed by atoms with E-state index in [9.17, 15) is 9.90 Å². The minimum Gasteiger partial charge on any atom is -0.481 e. The van der Waals surface area contributed by atoms with E-state index in [0.29, 0.717) is 12.5 Å². The molecular weight excluding hydrogens is 276 g/mol. The number of hydrogen-bond donors (Lipinski definition) is 1. The molecule has 0 radical (unpaired) electrons. The van der Waals surface area contributed by atoms with Crippen LogP contribution in [-0.2, 0) is 4.79 Å². The molecule has 1 N–H and O–H groups in total. The van der Waals surface area contributed by atoms with Crippen molar-refractivity contribution in [1.29, 1.82) is 0 Å². The fourth-order valence-electron chi connectivity index (χ4n) is 2.96. The van der Waals surface area contributed by atoms with Gasteiger partial charge in [-0.05, 0) is 35.4 Å². The molecule has 1 aliphatic heterocycles. The summed E-state index contributed by atoms with van der Waals surface area (Å²) in [7, 11) is 0. The molecule has 1 aliphatic rings. The molecule has 120 valence electrons. The second-order valence-corrected chi connectivity index (χ2v) is 7.24. The lowest BCUT2D eigenvalue weighted by Crippen LogP contribution is -2.46. The zero-order valence-corrected chi connectivity index (χ0v) is 13.7. The number of likely N-dealkylation sites (tertiary alicyclic amines) is 1. The van der Waals surface area contributed by atoms with Crippen LogP contribution in [0.4, 0.5) is 0 Å². The van der Waals surface area contributed by atoms with Crippen molar-refractivity contribution < 1.29 is 9.90 Å². The molecule has 1 aromatic rings. The van der Waals surface area contributed by atoms with Crippen molar-refractivity contribution in [3.05, 3.63) is 36.2 Å². The number of carboxylic acids is 1. The monoisotopic (exact) mass is 302 g/mol. The molecule has 2 atom stereocenters. The topological polar surface area (TPSA) is 53.4 Å². The number of pyridine rings is 1. The lowest BCUT2D eigenvalue weighted by Gasteiger charge is -2.41. The summed E-state index contributed by atoms with van der Waals surface area (Å²) in [6.45, 7) is 9.00. The first-order valence-electron chi connectivity index (χ1n) is 7.88. The molecule has 0 spiro atoms. The molecule has 0 aliphatic carbocycles. The summed E-state index contributed by atoms with van der Waals surface area (Å²) in [5.41, 5.74) is 1.26. The van der Waals surface area contributed by atoms with Gasteiger partial charge in [-0.15, -0.1) is 0 Å². The third kappa shape index (κ3) is 4.67. The van der Waals surface area contributed by atoms with Gasteiger partial charge >= 0.3 is 5.97 Å². The molecular formula is C18H26N2O2. The van der Waals surface area contributed by atoms with E-state index in [1.807, 2.05) is 12.1 Å². The highest BCUT2D eigenvalue weighted by Gasteiger charge is 2.36. The second kappa shape index (κ2) is 7.05. The Hall–Kier alpha value is -1.68. The standard InChI is InChI=1S/C18H26N2O2/c1-18(2,3)16-11-15(17(21)22)12-20(13-16)10-4-5-14-6-8-19-9-7-14/h4-9,15-16H,10-13H2,1-3H3,(H,21,22)/b5-4+/t15-,16+/m0/s1. The summed E-state index contributed by atoms with van der Waals surface area (Å²) >= 11 is 0. The normalized spacial score (nSPS) is 23.8. The lowest BCUT2D eigenvalue weighted by molar-refractivity contribution is -0.145. The molecule has 0 saturated carbocycles. The molecule has 0 amide bonds. The van der Waals surface area contributed by atoms with E-state index in [2.05, 4.69) is 42.8 Å². The van der Waals surface area contributed by atoms with Crippen molar-refractivity contribution in [2.24, 2.45) is 17.3 Å². The number of carboxylic acid groups (broad SMARTS) is 1. The average Bonchev–Trinajstić information content (AvgIpc) is 2.47. The van der Waals surface area contributed by atoms with Crippen LogP contribution >= 0.6 is 0 Å². The quantitative estimate of drug-likeness (QED) is 0.928. The summed E-state index contributed by atoms with van der Waals surface area (Å²) < 4.78 is 0. The van der Waals surface area contributed by atoms with Crippen LogP contribution in [0.5, 0.6) is 0 Å². The van der Waals surface area contributed by atoms with Gasteiger partial charge in [0.1, 0.15) is 0 Å². The first-order chi connectivity index (χ1) is 10.4. The molecule has 1 saturated heterocycles. The van der Waals surface area contributed by atoms with E-state index in [-0.39, 0.29) is 11.3 Å². The smallest absolute Gasteiger partial charge is 0.307 e. The van der Waals surface area contributed by atoms with Gasteiger partial charge < -0.3 is 5.11 Å². The van der Waals surface area contributed by atoms with Gasteiger partial charge in [0.2, 0.25) is 0 Å². The van der Waals surface area contributed by atoms with Crippen LogP contribution in [0.3, 0.4) is 0 Å². The molecule has 0 unspecified atom stereocenters. The van der Waals surface area contributed by atoms with Crippen molar-refractivity contribution >= 4 is 12.0 Å². The summed E-state index contributed by atoms with van der Waals surface area (Å²) in [6.07, 6.45) is 8.51. The van der Waals surface area contributed by atoms with E-state index in [1.54, 1.807) is 12.4 Å². The number of aromatic nitrogens is 1. The fourth-order valence-corrected chi connectivity index (χ4v) is 2.96. The van der Waals surface area contributed by atoms with E-state index in [4.69, 9.17) is 0 Å². The van der Waals surface area contributed by atoms with Crippen molar-refractivity contribution in [2.75, 3.05) is 19.6 Å². The molecule has 22 heavy (non-hydrogen) atoms. The zero-order valence-electron chi connectivity index (χ0n) is 13.7. The second-order valence-electron chi connectivity index (χ2n) is 7.24. The molecule has 4 nitrogen and oxygen atoms in total. The van der Waals surface area contributed by atoms with Crippen LogP contribution in [0.2, 0.25) is 0 Å². The van der Waals surface area contributed by atoms with Crippen LogP contribution in [0.25, 0.3) is 6.08 Å². The zero-order chi connectivity index (χ0) is 16.2. The maximum atomic E-state index is 11.4. The third-order valence-electron chi connectivity index (χ3n) is 4.48. The van der Waals surface area contributed by atoms with Crippen molar-refractivity contribution in [3.63, 3.8) is 0 Å². The predicted octanol–water partition coefficient (Wildman–Crippen LogP) is 3.16. The fraction of sp³-hybridized carbons (Fsp3) is 0.556. The Morgan fingerprint density at radius 1 is 1.36 bits per heavy atom. The molecule has 4 heteroatoms. The summed E-state index contributed by atoms with van der Waals surface area (Å²) in [6, 6.07) is 3.93. The molecule has 0 aromatic carbocycles. The van der Waals surface area contributed by atoms with Gasteiger partial charge in [-0.1, -0.05) is 32.9 Å². The van der Waals surface area contributed by atoms with Gasteiger partial charge in [-0.25, -0.2) is 0 Å². The Kier molecular flexibility index (Phi) is 5.35. The Morgan fingerprint density at radius 3 is 2.64 bits per heavy atom. The molecule has 0 bridgehead atoms. The average molecular weight is 302 g/mol. The predicted molar refractivity (Wildman–Crippen MR) is 88.4 cm³/mol. The first-order valence-corrected chi connectivity index (χ1v) is 7.88. The number of rotatable bonds is 4. The van der Waals surface area contributed by atoms with Gasteiger partial charge in [0.15, 0.2) is 0 Å². The Morgan fingerprint density at radius 2 is 2.05 bits per heavy atom. The van der Waals surface area contributed by atoms with Crippen LogP contribution in [0, 0.1) is 17.3 Å². The minimum absolute atomic E-state index is 0.140. The van der Waals surface area contributed by atoms with Crippen LogP contribution < -0.4 is 0 Å². The summed E-state index contributed by atoms with van der Waals surface area (Å²) in [4.78, 5) is 17.7. The third-order valence-corrected chi connectivity index (χ3v) is 4.48. The van der Waals surface area contributed by atoms with Crippen molar-refractivity contribution in [3.8, 4) is 0 Å². The first kappa shape index (κ1) is 16.7. The molecule has 1 fully saturated rings. The van der Waals surface area contributed by atoms with E-state index >= 15 is 0 Å². The van der Waals surface area contributed by atoms with Crippen LogP contribution in [0.15, 0.2) is 30.6 Å². The lowest BCUT2D eigenvalue weighted by atomic mass is 9.73. The van der Waals surface area contributed by atoms with Crippen molar-refractivity contribution in [2.45, 2.75) is 27.2 Å². The van der Waals surface area contributed by atoms with Crippen LogP contribution in [0.1, 0.15) is 32.8 Å². The van der Waals surface area contributed by atoms with Gasteiger partial charge in [0.05, 0.1) is 5.92 Å². The minimum atomic E-state index is -0.669. The van der Waals surface area contributed by atoms with E-state index < -0.39 is 5.97 Å². The number of nitrogens with zero attached hydrogens (tertiary/aromatic N) is 2. The molecule has 2 rings (SSSR count). The number of aliphatic carboxylic acids is 1. The Balaban J connectivity index is 1.99. The Labute approximate surface area is 132 Å². The highest BCUT2D eigenvalue weighted by molar-refractivity contribution is 5.70.